The average Bonchev–Trinajstić information content (AvgIpc) is 3.20. The molecule has 34 heavy (non-hydrogen) atoms. The highest BCUT2D eigenvalue weighted by Gasteiger charge is 2.46. The van der Waals surface area contributed by atoms with Gasteiger partial charge in [0.1, 0.15) is 5.71 Å². The number of amides is 1. The van der Waals surface area contributed by atoms with Gasteiger partial charge in [0.05, 0.1) is 26.5 Å². The molecule has 7 nitrogen and oxygen atoms in total. The normalized spacial score (nSPS) is 23.9. The molecule has 1 amide bonds. The van der Waals surface area contributed by atoms with Gasteiger partial charge < -0.3 is 20.8 Å². The van der Waals surface area contributed by atoms with Crippen molar-refractivity contribution in [3.8, 4) is 0 Å². The maximum absolute atomic E-state index is 13.9. The number of hydrogen-bond donors (Lipinski definition) is 3. The largest absolute Gasteiger partial charge is 0.429 e. The molecule has 0 bridgehead atoms. The summed E-state index contributed by atoms with van der Waals surface area (Å²) in [5.41, 5.74) is 4.22. The van der Waals surface area contributed by atoms with Crippen molar-refractivity contribution in [3.05, 3.63) is 35.0 Å². The van der Waals surface area contributed by atoms with Crippen LogP contribution in [0.4, 0.5) is 18.9 Å². The molecule has 1 aromatic heterocycles. The third-order valence-corrected chi connectivity index (χ3v) is 7.56. The number of primary amides is 1. The second kappa shape index (κ2) is 8.94. The quantitative estimate of drug-likeness (QED) is 0.581. The van der Waals surface area contributed by atoms with Gasteiger partial charge in [-0.3, -0.25) is 4.79 Å². The molecule has 4 N–H and O–H groups in total. The first-order valence-corrected chi connectivity index (χ1v) is 11.9. The number of carbonyl (C=O) groups is 1. The van der Waals surface area contributed by atoms with Crippen molar-refractivity contribution < 1.29 is 28.2 Å². The number of carbonyl (C=O) groups excluding carboxylic acids is 1. The van der Waals surface area contributed by atoms with E-state index in [-0.39, 0.29) is 23.8 Å². The van der Waals surface area contributed by atoms with E-state index in [2.05, 4.69) is 4.99 Å². The van der Waals surface area contributed by atoms with Crippen LogP contribution in [0.5, 0.6) is 0 Å². The Morgan fingerprint density at radius 1 is 1.24 bits per heavy atom. The molecular formula is C23H27F3N4O3S. The minimum Gasteiger partial charge on any atom is -0.396 e. The van der Waals surface area contributed by atoms with Crippen LogP contribution in [0, 0.1) is 5.92 Å². The zero-order valence-corrected chi connectivity index (χ0v) is 19.7. The summed E-state index contributed by atoms with van der Waals surface area (Å²) in [5, 5.41) is 21.1. The Kier molecular flexibility index (Phi) is 6.47. The van der Waals surface area contributed by atoms with E-state index >= 15 is 0 Å². The van der Waals surface area contributed by atoms with Crippen molar-refractivity contribution in [1.82, 2.24) is 4.98 Å². The summed E-state index contributed by atoms with van der Waals surface area (Å²) in [5.74, 6) is -0.517. The predicted octanol–water partition coefficient (Wildman–Crippen LogP) is 3.94. The first-order valence-electron chi connectivity index (χ1n) is 11.1. The zero-order chi connectivity index (χ0) is 24.8. The molecule has 1 unspecified atom stereocenters. The molecule has 1 aliphatic carbocycles. The van der Waals surface area contributed by atoms with Crippen LogP contribution in [0.15, 0.2) is 29.4 Å². The van der Waals surface area contributed by atoms with Gasteiger partial charge in [-0.2, -0.15) is 13.2 Å². The van der Waals surface area contributed by atoms with Crippen LogP contribution in [0.2, 0.25) is 0 Å². The van der Waals surface area contributed by atoms with Crippen LogP contribution in [0.25, 0.3) is 10.2 Å². The lowest BCUT2D eigenvalue weighted by molar-refractivity contribution is -0.145. The van der Waals surface area contributed by atoms with Gasteiger partial charge in [-0.25, -0.2) is 9.98 Å². The Bertz CT molecular complexity index is 1140. The van der Waals surface area contributed by atoms with Gasteiger partial charge >= 0.3 is 6.18 Å². The molecule has 1 fully saturated rings. The minimum atomic E-state index is -4.79. The number of benzene rings is 1. The molecule has 1 aromatic carbocycles. The highest BCUT2D eigenvalue weighted by atomic mass is 32.1. The van der Waals surface area contributed by atoms with Crippen molar-refractivity contribution >= 4 is 38.9 Å². The van der Waals surface area contributed by atoms with E-state index in [4.69, 9.17) is 10.7 Å². The first kappa shape index (κ1) is 24.6. The number of anilines is 1. The first-order chi connectivity index (χ1) is 15.9. The van der Waals surface area contributed by atoms with E-state index in [1.165, 1.54) is 25.2 Å². The number of halogens is 3. The van der Waals surface area contributed by atoms with Gasteiger partial charge in [-0.05, 0) is 63.7 Å². The van der Waals surface area contributed by atoms with E-state index < -0.39 is 29.6 Å². The Labute approximate surface area is 198 Å². The highest BCUT2D eigenvalue weighted by molar-refractivity contribution is 7.18. The molecule has 0 spiro atoms. The van der Waals surface area contributed by atoms with Crippen molar-refractivity contribution in [1.29, 1.82) is 0 Å². The third-order valence-electron chi connectivity index (χ3n) is 6.38. The summed E-state index contributed by atoms with van der Waals surface area (Å²) >= 11 is 1.43. The number of hydrogen-bond acceptors (Lipinski definition) is 7. The summed E-state index contributed by atoms with van der Waals surface area (Å²) in [6.07, 6.45) is -1.29. The Morgan fingerprint density at radius 3 is 2.47 bits per heavy atom. The Morgan fingerprint density at radius 2 is 1.91 bits per heavy atom. The lowest BCUT2D eigenvalue weighted by atomic mass is 9.83. The van der Waals surface area contributed by atoms with Crippen molar-refractivity contribution in [2.45, 2.75) is 63.4 Å². The maximum atomic E-state index is 13.9. The molecule has 1 saturated carbocycles. The Hall–Kier alpha value is -2.50. The van der Waals surface area contributed by atoms with Gasteiger partial charge in [0.25, 0.3) is 5.91 Å². The lowest BCUT2D eigenvalue weighted by Crippen LogP contribution is -2.46. The number of thiazole rings is 1. The molecule has 4 rings (SSSR count). The van der Waals surface area contributed by atoms with Crippen LogP contribution in [-0.2, 0) is 10.4 Å². The van der Waals surface area contributed by atoms with E-state index in [0.717, 1.165) is 47.9 Å². The van der Waals surface area contributed by atoms with Gasteiger partial charge in [-0.15, -0.1) is 11.3 Å². The van der Waals surface area contributed by atoms with Gasteiger partial charge in [0.15, 0.2) is 0 Å². The van der Waals surface area contributed by atoms with Crippen LogP contribution >= 0.6 is 11.3 Å². The number of nitrogens with two attached hydrogens (primary N) is 1. The summed E-state index contributed by atoms with van der Waals surface area (Å²) in [4.78, 5) is 20.7. The molecule has 1 atom stereocenters. The van der Waals surface area contributed by atoms with E-state index in [1.807, 2.05) is 0 Å². The fourth-order valence-corrected chi connectivity index (χ4v) is 5.66. The number of aromatic nitrogens is 1. The van der Waals surface area contributed by atoms with Gasteiger partial charge in [0.2, 0.25) is 6.17 Å². The number of aliphatic imine (C=N–C) groups is 1. The zero-order valence-electron chi connectivity index (χ0n) is 18.8. The molecule has 2 aromatic rings. The lowest BCUT2D eigenvalue weighted by Gasteiger charge is -2.35. The second-order valence-electron chi connectivity index (χ2n) is 9.37. The Balaban J connectivity index is 1.78. The number of aliphatic hydroxyl groups is 2. The third kappa shape index (κ3) is 4.82. The molecule has 2 aliphatic rings. The van der Waals surface area contributed by atoms with E-state index in [0.29, 0.717) is 16.1 Å². The summed E-state index contributed by atoms with van der Waals surface area (Å²) in [6.45, 7) is 3.17. The number of aliphatic hydroxyl groups excluding tert-OH is 1. The summed E-state index contributed by atoms with van der Waals surface area (Å²) < 4.78 is 42.5. The van der Waals surface area contributed by atoms with Gasteiger partial charge in [0, 0.05) is 24.3 Å². The monoisotopic (exact) mass is 496 g/mol. The second-order valence-corrected chi connectivity index (χ2v) is 10.4. The molecular weight excluding hydrogens is 469 g/mol. The fraction of sp³-hybridized carbons (Fsp3) is 0.522. The number of alkyl halides is 3. The smallest absolute Gasteiger partial charge is 0.396 e. The molecule has 11 heteroatoms. The van der Waals surface area contributed by atoms with Crippen LogP contribution in [0.1, 0.15) is 56.0 Å². The average molecular weight is 497 g/mol. The number of rotatable bonds is 5. The van der Waals surface area contributed by atoms with Crippen LogP contribution in [0.3, 0.4) is 0 Å². The standard InChI is InChI=1S/C23H27F3N4O3S/c1-22(2,33)14-9-16-18(34-20(28-16)13-5-3-12(11-31)4-6-13)10-17(14)30-8-7-15(19(27)32)29-21(30)23(24,25)26/h7-10,12-13,21,31,33H,3-6,11H2,1-2H3,(H2,27,32). The van der Waals surface area contributed by atoms with Crippen molar-refractivity contribution in [2.75, 3.05) is 11.5 Å². The maximum Gasteiger partial charge on any atom is 0.429 e. The molecule has 1 aliphatic heterocycles. The topological polar surface area (TPSA) is 112 Å². The van der Waals surface area contributed by atoms with Crippen molar-refractivity contribution in [3.63, 3.8) is 0 Å². The van der Waals surface area contributed by atoms with E-state index in [1.54, 1.807) is 12.1 Å². The van der Waals surface area contributed by atoms with E-state index in [9.17, 15) is 28.2 Å². The fourth-order valence-electron chi connectivity index (χ4n) is 4.51. The van der Waals surface area contributed by atoms with Crippen molar-refractivity contribution in [2.24, 2.45) is 16.6 Å². The molecule has 2 heterocycles. The summed E-state index contributed by atoms with van der Waals surface area (Å²) in [7, 11) is 0. The number of fused-ring (bicyclic) bond motifs is 1. The highest BCUT2D eigenvalue weighted by Crippen LogP contribution is 2.43. The van der Waals surface area contributed by atoms with Crippen LogP contribution < -0.4 is 10.6 Å². The number of nitrogens with zero attached hydrogens (tertiary/aromatic N) is 3. The molecule has 184 valence electrons. The molecule has 0 saturated heterocycles. The SMILES string of the molecule is CC(C)(O)c1cc2nc(C3CCC(CO)CC3)sc2cc1N1C=CC(C(N)=O)=NC1C(F)(F)F. The predicted molar refractivity (Wildman–Crippen MR) is 125 cm³/mol. The minimum absolute atomic E-state index is 0.130. The summed E-state index contributed by atoms with van der Waals surface area (Å²) in [6, 6.07) is 3.22. The molecule has 0 radical (unpaired) electrons. The van der Waals surface area contributed by atoms with Gasteiger partial charge in [-0.1, -0.05) is 0 Å². The van der Waals surface area contributed by atoms with Crippen LogP contribution in [-0.4, -0.2) is 45.8 Å².